The second-order valence-electron chi connectivity index (χ2n) is 6.80. The summed E-state index contributed by atoms with van der Waals surface area (Å²) < 4.78 is 1.67. The van der Waals surface area contributed by atoms with E-state index in [1.807, 2.05) is 24.3 Å². The van der Waals surface area contributed by atoms with Crippen LogP contribution < -0.4 is 15.0 Å². The summed E-state index contributed by atoms with van der Waals surface area (Å²) in [4.78, 5) is 37.0. The third-order valence-electron chi connectivity index (χ3n) is 4.98. The van der Waals surface area contributed by atoms with Crippen LogP contribution in [-0.2, 0) is 4.79 Å². The normalized spacial score (nSPS) is 15.3. The van der Waals surface area contributed by atoms with Gasteiger partial charge in [-0.15, -0.1) is 5.10 Å². The highest BCUT2D eigenvalue weighted by molar-refractivity contribution is 7.15. The number of nitrogens with zero attached hydrogens (tertiary/aromatic N) is 5. The number of para-hydroxylation sites is 1. The molecular formula is C21H17N5O2S. The smallest absolute Gasteiger partial charge is 0.291 e. The maximum Gasteiger partial charge on any atom is 0.291 e. The van der Waals surface area contributed by atoms with Gasteiger partial charge in [0.2, 0.25) is 4.96 Å². The number of hydrogen-bond donors (Lipinski definition) is 0. The highest BCUT2D eigenvalue weighted by Gasteiger charge is 2.33. The number of thiazole rings is 1. The number of benzene rings is 1. The van der Waals surface area contributed by atoms with Crippen LogP contribution in [0.4, 0.5) is 5.69 Å². The number of unbranched alkanes of at least 4 members (excludes halogenated alkanes) is 1. The van der Waals surface area contributed by atoms with Crippen LogP contribution in [0.5, 0.6) is 0 Å². The SMILES string of the molecule is CCCCN1C(=O)C(=c2sc3nc(-c4ccncc4)nn3c2=O)c2ccccc21. The summed E-state index contributed by atoms with van der Waals surface area (Å²) >= 11 is 1.21. The Hall–Kier alpha value is -3.39. The molecule has 4 heterocycles. The van der Waals surface area contributed by atoms with E-state index in [2.05, 4.69) is 22.0 Å². The molecule has 0 radical (unpaired) electrons. The van der Waals surface area contributed by atoms with Crippen LogP contribution in [0.25, 0.3) is 21.9 Å². The number of rotatable bonds is 4. The van der Waals surface area contributed by atoms with Gasteiger partial charge in [-0.2, -0.15) is 9.50 Å². The lowest BCUT2D eigenvalue weighted by Gasteiger charge is -2.16. The minimum Gasteiger partial charge on any atom is -0.308 e. The van der Waals surface area contributed by atoms with E-state index in [4.69, 9.17) is 0 Å². The van der Waals surface area contributed by atoms with Gasteiger partial charge in [-0.1, -0.05) is 42.9 Å². The van der Waals surface area contributed by atoms with Crippen molar-refractivity contribution in [2.24, 2.45) is 0 Å². The van der Waals surface area contributed by atoms with Crippen molar-refractivity contribution in [2.45, 2.75) is 19.8 Å². The van der Waals surface area contributed by atoms with Crippen LogP contribution in [0.1, 0.15) is 25.3 Å². The largest absolute Gasteiger partial charge is 0.308 e. The molecule has 0 atom stereocenters. The number of anilines is 1. The number of pyridine rings is 1. The molecule has 144 valence electrons. The molecule has 1 aliphatic rings. The molecule has 1 amide bonds. The van der Waals surface area contributed by atoms with Crippen molar-refractivity contribution in [2.75, 3.05) is 11.4 Å². The van der Waals surface area contributed by atoms with Gasteiger partial charge in [0, 0.05) is 30.1 Å². The van der Waals surface area contributed by atoms with Gasteiger partial charge in [-0.3, -0.25) is 14.6 Å². The topological polar surface area (TPSA) is 80.5 Å². The Morgan fingerprint density at radius 3 is 2.62 bits per heavy atom. The molecule has 0 unspecified atom stereocenters. The van der Waals surface area contributed by atoms with E-state index in [0.29, 0.717) is 27.4 Å². The summed E-state index contributed by atoms with van der Waals surface area (Å²) in [5.41, 5.74) is 2.58. The van der Waals surface area contributed by atoms with Crippen molar-refractivity contribution in [1.82, 2.24) is 19.6 Å². The Balaban J connectivity index is 1.70. The lowest BCUT2D eigenvalue weighted by molar-refractivity contribution is -0.113. The first kappa shape index (κ1) is 17.7. The van der Waals surface area contributed by atoms with E-state index >= 15 is 0 Å². The van der Waals surface area contributed by atoms with Crippen LogP contribution in [-0.4, -0.2) is 32.0 Å². The molecule has 8 heteroatoms. The maximum absolute atomic E-state index is 13.2. The Morgan fingerprint density at radius 1 is 1.07 bits per heavy atom. The fraction of sp³-hybridized carbons (Fsp3) is 0.190. The number of carbonyl (C=O) groups is 1. The fourth-order valence-corrected chi connectivity index (χ4v) is 4.54. The number of aromatic nitrogens is 4. The number of fused-ring (bicyclic) bond motifs is 2. The minimum atomic E-state index is -0.312. The van der Waals surface area contributed by atoms with E-state index in [-0.39, 0.29) is 11.5 Å². The summed E-state index contributed by atoms with van der Waals surface area (Å²) in [6.07, 6.45) is 5.20. The van der Waals surface area contributed by atoms with E-state index in [1.165, 1.54) is 15.9 Å². The summed E-state index contributed by atoms with van der Waals surface area (Å²) in [6, 6.07) is 11.2. The van der Waals surface area contributed by atoms with Crippen molar-refractivity contribution >= 4 is 33.5 Å². The van der Waals surface area contributed by atoms with Crippen LogP contribution in [0.2, 0.25) is 0 Å². The summed E-state index contributed by atoms with van der Waals surface area (Å²) in [6.45, 7) is 2.73. The van der Waals surface area contributed by atoms with E-state index < -0.39 is 0 Å². The lowest BCUT2D eigenvalue weighted by atomic mass is 10.1. The van der Waals surface area contributed by atoms with Crippen molar-refractivity contribution in [3.8, 4) is 11.4 Å². The standard InChI is InChI=1S/C21H17N5O2S/c1-2-3-12-25-15-7-5-4-6-14(15)16(19(25)27)17-20(28)26-21(29-17)23-18(24-26)13-8-10-22-11-9-13/h4-11H,2-3,12H2,1H3. The first-order valence-corrected chi connectivity index (χ1v) is 10.3. The van der Waals surface area contributed by atoms with E-state index in [0.717, 1.165) is 29.7 Å². The Bertz CT molecular complexity index is 1340. The quantitative estimate of drug-likeness (QED) is 0.522. The molecule has 0 aliphatic carbocycles. The molecule has 4 aromatic rings. The zero-order chi connectivity index (χ0) is 20.0. The average molecular weight is 403 g/mol. The zero-order valence-electron chi connectivity index (χ0n) is 15.7. The molecule has 29 heavy (non-hydrogen) atoms. The van der Waals surface area contributed by atoms with Gasteiger partial charge in [-0.05, 0) is 24.6 Å². The van der Waals surface area contributed by atoms with Gasteiger partial charge in [0.05, 0.1) is 11.3 Å². The van der Waals surface area contributed by atoms with Gasteiger partial charge >= 0.3 is 0 Å². The average Bonchev–Trinajstić information content (AvgIpc) is 3.38. The fourth-order valence-electron chi connectivity index (χ4n) is 3.55. The molecule has 0 saturated carbocycles. The maximum atomic E-state index is 13.2. The molecule has 7 nitrogen and oxygen atoms in total. The third kappa shape index (κ3) is 2.75. The molecule has 0 saturated heterocycles. The van der Waals surface area contributed by atoms with Gasteiger partial charge in [0.15, 0.2) is 5.82 Å². The van der Waals surface area contributed by atoms with Gasteiger partial charge in [0.25, 0.3) is 11.5 Å². The van der Waals surface area contributed by atoms with Gasteiger partial charge in [0.1, 0.15) is 4.53 Å². The highest BCUT2D eigenvalue weighted by Crippen LogP contribution is 2.35. The summed E-state index contributed by atoms with van der Waals surface area (Å²) in [5.74, 6) is 0.339. The first-order chi connectivity index (χ1) is 14.2. The highest BCUT2D eigenvalue weighted by atomic mass is 32.1. The van der Waals surface area contributed by atoms with Crippen LogP contribution in [0.3, 0.4) is 0 Å². The van der Waals surface area contributed by atoms with Gasteiger partial charge in [-0.25, -0.2) is 0 Å². The van der Waals surface area contributed by atoms with Crippen molar-refractivity contribution < 1.29 is 4.79 Å². The van der Waals surface area contributed by atoms with Crippen molar-refractivity contribution in [1.29, 1.82) is 0 Å². The molecule has 0 spiro atoms. The predicted octanol–water partition coefficient (Wildman–Crippen LogP) is 2.28. The second kappa shape index (κ2) is 6.89. The Kier molecular flexibility index (Phi) is 4.21. The third-order valence-corrected chi connectivity index (χ3v) is 6.01. The number of hydrogen-bond acceptors (Lipinski definition) is 6. The van der Waals surface area contributed by atoms with Crippen molar-refractivity contribution in [3.63, 3.8) is 0 Å². The molecule has 5 rings (SSSR count). The van der Waals surface area contributed by atoms with Crippen LogP contribution >= 0.6 is 11.3 Å². The van der Waals surface area contributed by atoms with E-state index in [9.17, 15) is 9.59 Å². The monoisotopic (exact) mass is 403 g/mol. The molecule has 1 aliphatic heterocycles. The molecule has 1 aromatic carbocycles. The van der Waals surface area contributed by atoms with E-state index in [1.54, 1.807) is 29.4 Å². The lowest BCUT2D eigenvalue weighted by Crippen LogP contribution is -2.33. The number of amides is 1. The number of carbonyl (C=O) groups excluding carboxylic acids is 1. The van der Waals surface area contributed by atoms with Gasteiger partial charge < -0.3 is 4.90 Å². The first-order valence-electron chi connectivity index (χ1n) is 9.44. The van der Waals surface area contributed by atoms with Crippen molar-refractivity contribution in [3.05, 3.63) is 69.2 Å². The molecule has 0 fully saturated rings. The van der Waals surface area contributed by atoms with Crippen LogP contribution in [0, 0.1) is 0 Å². The molecule has 0 N–H and O–H groups in total. The molecular weight excluding hydrogens is 386 g/mol. The Labute approximate surface area is 170 Å². The minimum absolute atomic E-state index is 0.129. The second-order valence-corrected chi connectivity index (χ2v) is 7.78. The van der Waals surface area contributed by atoms with Crippen LogP contribution in [0.15, 0.2) is 53.6 Å². The summed E-state index contributed by atoms with van der Waals surface area (Å²) in [5, 5.41) is 4.36. The zero-order valence-corrected chi connectivity index (χ0v) is 16.5. The Morgan fingerprint density at radius 2 is 1.86 bits per heavy atom. The summed E-state index contributed by atoms with van der Waals surface area (Å²) in [7, 11) is 0. The molecule has 0 bridgehead atoms. The predicted molar refractivity (Wildman–Crippen MR) is 112 cm³/mol. The molecule has 3 aromatic heterocycles.